The first kappa shape index (κ1) is 19.1. The molecule has 1 aromatic heterocycles. The highest BCUT2D eigenvalue weighted by Gasteiger charge is 2.13. The molecule has 0 unspecified atom stereocenters. The van der Waals surface area contributed by atoms with Crippen LogP contribution in [0.25, 0.3) is 10.9 Å². The van der Waals surface area contributed by atoms with Gasteiger partial charge in [-0.3, -0.25) is 10.1 Å². The summed E-state index contributed by atoms with van der Waals surface area (Å²) < 4.78 is 11.3. The van der Waals surface area contributed by atoms with Crippen LogP contribution in [0.1, 0.15) is 6.92 Å². The first-order valence-corrected chi connectivity index (χ1v) is 9.29. The Balaban J connectivity index is 1.65. The molecular weight excluding hydrogens is 384 g/mol. The van der Waals surface area contributed by atoms with Crippen LogP contribution in [0.4, 0.5) is 17.2 Å². The molecule has 8 nitrogen and oxygen atoms in total. The number of para-hydroxylation sites is 1. The predicted molar refractivity (Wildman–Crippen MR) is 114 cm³/mol. The lowest BCUT2D eigenvalue weighted by molar-refractivity contribution is -0.384. The number of nitro benzene ring substituents is 1. The summed E-state index contributed by atoms with van der Waals surface area (Å²) in [5, 5.41) is 15.4. The summed E-state index contributed by atoms with van der Waals surface area (Å²) in [6, 6.07) is 19.1. The number of nitrogens with one attached hydrogen (secondary N) is 1. The zero-order valence-corrected chi connectivity index (χ0v) is 16.1. The molecule has 1 N–H and O–H groups in total. The molecule has 3 aromatic carbocycles. The highest BCUT2D eigenvalue weighted by Crippen LogP contribution is 2.32. The number of anilines is 2. The molecule has 30 heavy (non-hydrogen) atoms. The van der Waals surface area contributed by atoms with Gasteiger partial charge >= 0.3 is 0 Å². The van der Waals surface area contributed by atoms with Crippen molar-refractivity contribution in [3.8, 4) is 17.2 Å². The van der Waals surface area contributed by atoms with Crippen LogP contribution in [-0.4, -0.2) is 21.5 Å². The SMILES string of the molecule is CCOc1ccc(Oc2cc(Nc3ncnc4ccccc34)cc([N+](=O)[O-])c2)cc1. The molecule has 0 atom stereocenters. The number of aromatic nitrogens is 2. The molecule has 0 spiro atoms. The van der Waals surface area contributed by atoms with Crippen molar-refractivity contribution in [1.82, 2.24) is 9.97 Å². The molecule has 0 fully saturated rings. The number of nitrogens with zero attached hydrogens (tertiary/aromatic N) is 3. The molecule has 4 rings (SSSR count). The fourth-order valence-corrected chi connectivity index (χ4v) is 2.97. The maximum absolute atomic E-state index is 11.4. The molecule has 0 aliphatic carbocycles. The Hall–Kier alpha value is -4.20. The van der Waals surface area contributed by atoms with Gasteiger partial charge in [-0.05, 0) is 43.3 Å². The molecule has 0 amide bonds. The molecular formula is C22H18N4O4. The Bertz CT molecular complexity index is 1190. The van der Waals surface area contributed by atoms with E-state index in [0.29, 0.717) is 29.6 Å². The average molecular weight is 402 g/mol. The van der Waals surface area contributed by atoms with Crippen molar-refractivity contribution in [2.75, 3.05) is 11.9 Å². The highest BCUT2D eigenvalue weighted by molar-refractivity contribution is 5.90. The third-order valence-electron chi connectivity index (χ3n) is 4.28. The van der Waals surface area contributed by atoms with Gasteiger partial charge in [0.1, 0.15) is 29.4 Å². The van der Waals surface area contributed by atoms with Crippen molar-refractivity contribution in [2.45, 2.75) is 6.92 Å². The van der Waals surface area contributed by atoms with Crippen molar-refractivity contribution in [2.24, 2.45) is 0 Å². The number of fused-ring (bicyclic) bond motifs is 1. The van der Waals surface area contributed by atoms with Gasteiger partial charge in [0.2, 0.25) is 0 Å². The zero-order chi connectivity index (χ0) is 20.9. The van der Waals surface area contributed by atoms with Gasteiger partial charge in [-0.25, -0.2) is 9.97 Å². The van der Waals surface area contributed by atoms with Crippen molar-refractivity contribution in [3.05, 3.63) is 83.2 Å². The van der Waals surface area contributed by atoms with Crippen LogP contribution in [0.15, 0.2) is 73.1 Å². The van der Waals surface area contributed by atoms with Gasteiger partial charge in [-0.2, -0.15) is 0 Å². The van der Waals surface area contributed by atoms with Crippen LogP contribution in [0.5, 0.6) is 17.2 Å². The number of hydrogen-bond acceptors (Lipinski definition) is 7. The van der Waals surface area contributed by atoms with E-state index in [9.17, 15) is 10.1 Å². The van der Waals surface area contributed by atoms with E-state index in [4.69, 9.17) is 9.47 Å². The summed E-state index contributed by atoms with van der Waals surface area (Å²) in [7, 11) is 0. The Kier molecular flexibility index (Phi) is 5.38. The topological polar surface area (TPSA) is 99.4 Å². The van der Waals surface area contributed by atoms with E-state index in [1.807, 2.05) is 31.2 Å². The predicted octanol–water partition coefficient (Wildman–Crippen LogP) is 5.47. The summed E-state index contributed by atoms with van der Waals surface area (Å²) in [6.07, 6.45) is 1.44. The second kappa shape index (κ2) is 8.44. The van der Waals surface area contributed by atoms with Crippen LogP contribution in [0, 0.1) is 10.1 Å². The van der Waals surface area contributed by atoms with Crippen LogP contribution in [0.3, 0.4) is 0 Å². The van der Waals surface area contributed by atoms with Crippen molar-refractivity contribution < 1.29 is 14.4 Å². The lowest BCUT2D eigenvalue weighted by atomic mass is 10.2. The van der Waals surface area contributed by atoms with Gasteiger partial charge in [0.15, 0.2) is 0 Å². The standard InChI is InChI=1S/C22H18N4O4/c1-2-29-17-7-9-18(10-8-17)30-19-12-15(11-16(13-19)26(27)28)25-22-20-5-3-4-6-21(20)23-14-24-22/h3-14H,2H2,1H3,(H,23,24,25). The second-order valence-electron chi connectivity index (χ2n) is 6.34. The number of benzene rings is 3. The Labute approximate surface area is 172 Å². The first-order chi connectivity index (χ1) is 14.6. The number of nitro groups is 1. The molecule has 150 valence electrons. The molecule has 0 saturated carbocycles. The minimum absolute atomic E-state index is 0.0979. The number of ether oxygens (including phenoxy) is 2. The quantitative estimate of drug-likeness (QED) is 0.323. The summed E-state index contributed by atoms with van der Waals surface area (Å²) in [5.41, 5.74) is 1.15. The zero-order valence-electron chi connectivity index (χ0n) is 16.1. The first-order valence-electron chi connectivity index (χ1n) is 9.29. The number of rotatable bonds is 7. The highest BCUT2D eigenvalue weighted by atomic mass is 16.6. The summed E-state index contributed by atoms with van der Waals surface area (Å²) >= 11 is 0. The van der Waals surface area contributed by atoms with E-state index < -0.39 is 4.92 Å². The van der Waals surface area contributed by atoms with Crippen molar-refractivity contribution >= 4 is 28.1 Å². The summed E-state index contributed by atoms with van der Waals surface area (Å²) in [6.45, 7) is 2.47. The van der Waals surface area contributed by atoms with Crippen molar-refractivity contribution in [1.29, 1.82) is 0 Å². The average Bonchev–Trinajstić information content (AvgIpc) is 2.75. The molecule has 0 aliphatic heterocycles. The minimum atomic E-state index is -0.464. The van der Waals surface area contributed by atoms with Crippen LogP contribution >= 0.6 is 0 Å². The third kappa shape index (κ3) is 4.27. The van der Waals surface area contributed by atoms with Crippen LogP contribution in [-0.2, 0) is 0 Å². The number of hydrogen-bond donors (Lipinski definition) is 1. The third-order valence-corrected chi connectivity index (χ3v) is 4.28. The molecule has 0 radical (unpaired) electrons. The van der Waals surface area contributed by atoms with Gasteiger partial charge < -0.3 is 14.8 Å². The van der Waals surface area contributed by atoms with E-state index in [1.54, 1.807) is 30.3 Å². The van der Waals surface area contributed by atoms with E-state index in [-0.39, 0.29) is 5.69 Å². The minimum Gasteiger partial charge on any atom is -0.494 e. The van der Waals surface area contributed by atoms with Gasteiger partial charge in [0, 0.05) is 17.5 Å². The van der Waals surface area contributed by atoms with E-state index >= 15 is 0 Å². The fraction of sp³-hybridized carbons (Fsp3) is 0.0909. The molecule has 0 bridgehead atoms. The molecule has 0 saturated heterocycles. The second-order valence-corrected chi connectivity index (χ2v) is 6.34. The van der Waals surface area contributed by atoms with Gasteiger partial charge in [-0.1, -0.05) is 12.1 Å². The monoisotopic (exact) mass is 402 g/mol. The lowest BCUT2D eigenvalue weighted by Crippen LogP contribution is -1.98. The smallest absolute Gasteiger partial charge is 0.275 e. The van der Waals surface area contributed by atoms with E-state index in [0.717, 1.165) is 16.7 Å². The van der Waals surface area contributed by atoms with Gasteiger partial charge in [0.05, 0.1) is 28.8 Å². The Morgan fingerprint density at radius 2 is 1.73 bits per heavy atom. The molecule has 4 aromatic rings. The fourth-order valence-electron chi connectivity index (χ4n) is 2.97. The van der Waals surface area contributed by atoms with E-state index in [2.05, 4.69) is 15.3 Å². The Morgan fingerprint density at radius 3 is 2.50 bits per heavy atom. The van der Waals surface area contributed by atoms with Crippen LogP contribution in [0.2, 0.25) is 0 Å². The summed E-state index contributed by atoms with van der Waals surface area (Å²) in [5.74, 6) is 2.14. The summed E-state index contributed by atoms with van der Waals surface area (Å²) in [4.78, 5) is 19.5. The number of non-ortho nitro benzene ring substituents is 1. The van der Waals surface area contributed by atoms with Crippen LogP contribution < -0.4 is 14.8 Å². The van der Waals surface area contributed by atoms with E-state index in [1.165, 1.54) is 18.5 Å². The molecule has 0 aliphatic rings. The molecule has 8 heteroatoms. The van der Waals surface area contributed by atoms with Gasteiger partial charge in [-0.15, -0.1) is 0 Å². The maximum atomic E-state index is 11.4. The van der Waals surface area contributed by atoms with Crippen molar-refractivity contribution in [3.63, 3.8) is 0 Å². The Morgan fingerprint density at radius 1 is 0.967 bits per heavy atom. The maximum Gasteiger partial charge on any atom is 0.275 e. The molecule has 1 heterocycles. The van der Waals surface area contributed by atoms with Gasteiger partial charge in [0.25, 0.3) is 5.69 Å². The largest absolute Gasteiger partial charge is 0.494 e. The normalized spacial score (nSPS) is 10.6. The lowest BCUT2D eigenvalue weighted by Gasteiger charge is -2.11.